The van der Waals surface area contributed by atoms with Crippen LogP contribution in [0.25, 0.3) is 0 Å². The third-order valence-electron chi connectivity index (χ3n) is 4.25. The summed E-state index contributed by atoms with van der Waals surface area (Å²) in [6.45, 7) is 8.85. The number of urea groups is 1. The van der Waals surface area contributed by atoms with Crippen molar-refractivity contribution in [2.75, 3.05) is 11.4 Å². The Kier molecular flexibility index (Phi) is 5.45. The molecule has 1 aliphatic heterocycles. The maximum atomic E-state index is 13.1. The molecule has 136 valence electrons. The molecule has 0 bridgehead atoms. The van der Waals surface area contributed by atoms with Crippen molar-refractivity contribution in [1.29, 1.82) is 0 Å². The number of imide groups is 1. The second kappa shape index (κ2) is 7.21. The van der Waals surface area contributed by atoms with Gasteiger partial charge in [-0.25, -0.2) is 9.18 Å². The molecule has 1 fully saturated rings. The molecule has 1 aromatic rings. The van der Waals surface area contributed by atoms with Crippen LogP contribution in [-0.4, -0.2) is 52.3 Å². The van der Waals surface area contributed by atoms with E-state index in [0.29, 0.717) is 5.69 Å². The second-order valence-corrected chi connectivity index (χ2v) is 6.72. The fourth-order valence-corrected chi connectivity index (χ4v) is 3.20. The van der Waals surface area contributed by atoms with Gasteiger partial charge in [0.2, 0.25) is 5.91 Å². The van der Waals surface area contributed by atoms with Crippen molar-refractivity contribution in [3.8, 4) is 0 Å². The van der Waals surface area contributed by atoms with Gasteiger partial charge in [-0.05, 0) is 58.9 Å². The highest BCUT2D eigenvalue weighted by atomic mass is 19.1. The van der Waals surface area contributed by atoms with E-state index in [2.05, 4.69) is 0 Å². The first kappa shape index (κ1) is 18.9. The first-order valence-electron chi connectivity index (χ1n) is 8.36. The fourth-order valence-electron chi connectivity index (χ4n) is 3.20. The first-order valence-corrected chi connectivity index (χ1v) is 8.36. The van der Waals surface area contributed by atoms with Crippen molar-refractivity contribution in [2.45, 2.75) is 52.7 Å². The Balaban J connectivity index is 2.22. The molecule has 7 heteroatoms. The molecule has 0 N–H and O–H groups in total. The molecule has 1 atom stereocenters. The van der Waals surface area contributed by atoms with E-state index >= 15 is 0 Å². The van der Waals surface area contributed by atoms with Crippen LogP contribution in [0.5, 0.6) is 0 Å². The smallest absolute Gasteiger partial charge is 0.332 e. The molecule has 0 aliphatic carbocycles. The zero-order chi connectivity index (χ0) is 18.9. The van der Waals surface area contributed by atoms with Crippen LogP contribution in [0.2, 0.25) is 0 Å². The van der Waals surface area contributed by atoms with Crippen LogP contribution in [0.15, 0.2) is 24.3 Å². The van der Waals surface area contributed by atoms with E-state index in [-0.39, 0.29) is 24.5 Å². The quantitative estimate of drug-likeness (QED) is 0.768. The molecular weight excluding hydrogens is 325 g/mol. The van der Waals surface area contributed by atoms with Gasteiger partial charge in [-0.1, -0.05) is 0 Å². The number of anilines is 1. The number of rotatable bonds is 5. The lowest BCUT2D eigenvalue weighted by Crippen LogP contribution is -2.48. The van der Waals surface area contributed by atoms with Gasteiger partial charge in [0.1, 0.15) is 18.4 Å². The Bertz CT molecular complexity index is 665. The highest BCUT2D eigenvalue weighted by molar-refractivity contribution is 6.15. The van der Waals surface area contributed by atoms with Crippen molar-refractivity contribution in [3.05, 3.63) is 30.1 Å². The molecule has 1 aromatic carbocycles. The zero-order valence-corrected chi connectivity index (χ0v) is 15.2. The fraction of sp³-hybridized carbons (Fsp3) is 0.500. The Morgan fingerprint density at radius 3 is 2.12 bits per heavy atom. The van der Waals surface area contributed by atoms with Crippen LogP contribution >= 0.6 is 0 Å². The molecule has 1 heterocycles. The van der Waals surface area contributed by atoms with Crippen LogP contribution in [0.3, 0.4) is 0 Å². The zero-order valence-electron chi connectivity index (χ0n) is 15.2. The van der Waals surface area contributed by atoms with Crippen molar-refractivity contribution in [2.24, 2.45) is 0 Å². The van der Waals surface area contributed by atoms with Gasteiger partial charge in [-0.2, -0.15) is 0 Å². The first-order chi connectivity index (χ1) is 11.6. The minimum atomic E-state index is -0.739. The Morgan fingerprint density at radius 1 is 1.12 bits per heavy atom. The van der Waals surface area contributed by atoms with Crippen LogP contribution in [0, 0.1) is 5.82 Å². The Labute approximate surface area is 147 Å². The second-order valence-electron chi connectivity index (χ2n) is 6.72. The van der Waals surface area contributed by atoms with Gasteiger partial charge in [0.25, 0.3) is 5.91 Å². The molecule has 0 aromatic heterocycles. The topological polar surface area (TPSA) is 60.9 Å². The number of halogens is 1. The Morgan fingerprint density at radius 2 is 1.64 bits per heavy atom. The summed E-state index contributed by atoms with van der Waals surface area (Å²) < 4.78 is 13.1. The summed E-state index contributed by atoms with van der Waals surface area (Å²) in [5.74, 6) is -1.14. The highest BCUT2D eigenvalue weighted by Crippen LogP contribution is 2.26. The predicted molar refractivity (Wildman–Crippen MR) is 92.6 cm³/mol. The van der Waals surface area contributed by atoms with Crippen LogP contribution in [0.4, 0.5) is 14.9 Å². The average Bonchev–Trinajstić information content (AvgIpc) is 2.71. The number of carbonyl (C=O) groups is 3. The minimum absolute atomic E-state index is 0.0362. The molecule has 1 aliphatic rings. The van der Waals surface area contributed by atoms with Gasteiger partial charge < -0.3 is 4.90 Å². The van der Waals surface area contributed by atoms with E-state index in [4.69, 9.17) is 0 Å². The normalized spacial score (nSPS) is 17.8. The maximum Gasteiger partial charge on any atom is 0.332 e. The summed E-state index contributed by atoms with van der Waals surface area (Å²) >= 11 is 0. The van der Waals surface area contributed by atoms with Gasteiger partial charge in [0.05, 0.1) is 0 Å². The van der Waals surface area contributed by atoms with Crippen molar-refractivity contribution < 1.29 is 18.8 Å². The van der Waals surface area contributed by atoms with E-state index < -0.39 is 23.8 Å². The highest BCUT2D eigenvalue weighted by Gasteiger charge is 2.44. The van der Waals surface area contributed by atoms with Crippen LogP contribution < -0.4 is 4.90 Å². The molecule has 25 heavy (non-hydrogen) atoms. The minimum Gasteiger partial charge on any atom is -0.336 e. The summed E-state index contributed by atoms with van der Waals surface area (Å²) in [6, 6.07) is 3.96. The number of carbonyl (C=O) groups excluding carboxylic acids is 3. The lowest BCUT2D eigenvalue weighted by atomic mass is 10.2. The van der Waals surface area contributed by atoms with E-state index in [1.807, 2.05) is 27.7 Å². The van der Waals surface area contributed by atoms with Gasteiger partial charge in [-0.3, -0.25) is 19.4 Å². The van der Waals surface area contributed by atoms with Crippen molar-refractivity contribution >= 4 is 23.5 Å². The molecule has 1 saturated heterocycles. The third kappa shape index (κ3) is 3.65. The molecule has 2 rings (SSSR count). The number of amides is 4. The van der Waals surface area contributed by atoms with Crippen molar-refractivity contribution in [3.63, 3.8) is 0 Å². The molecule has 0 unspecified atom stereocenters. The monoisotopic (exact) mass is 349 g/mol. The van der Waals surface area contributed by atoms with Gasteiger partial charge >= 0.3 is 6.03 Å². The van der Waals surface area contributed by atoms with Gasteiger partial charge in [-0.15, -0.1) is 0 Å². The number of nitrogens with zero attached hydrogens (tertiary/aromatic N) is 3. The maximum absolute atomic E-state index is 13.1. The molecule has 0 spiro atoms. The average molecular weight is 349 g/mol. The van der Waals surface area contributed by atoms with Crippen LogP contribution in [0.1, 0.15) is 34.6 Å². The van der Waals surface area contributed by atoms with Gasteiger partial charge in [0, 0.05) is 17.8 Å². The summed E-state index contributed by atoms with van der Waals surface area (Å²) in [5.41, 5.74) is 0.423. The van der Waals surface area contributed by atoms with E-state index in [1.165, 1.54) is 29.2 Å². The summed E-state index contributed by atoms with van der Waals surface area (Å²) in [6.07, 6.45) is 0. The molecular formula is C18H24FN3O3. The molecule has 0 radical (unpaired) electrons. The van der Waals surface area contributed by atoms with Gasteiger partial charge in [0.15, 0.2) is 0 Å². The van der Waals surface area contributed by atoms with E-state index in [0.717, 1.165) is 4.90 Å². The number of benzene rings is 1. The van der Waals surface area contributed by atoms with E-state index in [1.54, 1.807) is 11.8 Å². The SMILES string of the molecule is CC(C)N(C(=O)CN1C(=O)[C@@H](C)N(c2ccc(F)cc2)C1=O)C(C)C. The number of hydrogen-bond acceptors (Lipinski definition) is 3. The van der Waals surface area contributed by atoms with E-state index in [9.17, 15) is 18.8 Å². The summed E-state index contributed by atoms with van der Waals surface area (Å²) in [4.78, 5) is 41.6. The summed E-state index contributed by atoms with van der Waals surface area (Å²) in [7, 11) is 0. The van der Waals surface area contributed by atoms with Crippen molar-refractivity contribution in [1.82, 2.24) is 9.80 Å². The van der Waals surface area contributed by atoms with Crippen LogP contribution in [-0.2, 0) is 9.59 Å². The molecule has 4 amide bonds. The summed E-state index contributed by atoms with van der Waals surface area (Å²) in [5, 5.41) is 0. The largest absolute Gasteiger partial charge is 0.336 e. The lowest BCUT2D eigenvalue weighted by Gasteiger charge is -2.31. The number of hydrogen-bond donors (Lipinski definition) is 0. The molecule has 6 nitrogen and oxygen atoms in total. The third-order valence-corrected chi connectivity index (χ3v) is 4.25. The molecule has 0 saturated carbocycles. The Hall–Kier alpha value is -2.44. The predicted octanol–water partition coefficient (Wildman–Crippen LogP) is 2.63. The standard InChI is InChI=1S/C18H24FN3O3/c1-11(2)21(12(3)4)16(23)10-20-17(24)13(5)22(18(20)25)15-8-6-14(19)7-9-15/h6-9,11-13H,10H2,1-5H3/t13-/m1/s1. The lowest BCUT2D eigenvalue weighted by molar-refractivity contribution is -0.139.